The number of benzene rings is 1. The van der Waals surface area contributed by atoms with Crippen molar-refractivity contribution in [3.8, 4) is 0 Å². The molecule has 1 aliphatic carbocycles. The molecule has 0 saturated heterocycles. The van der Waals surface area contributed by atoms with Crippen molar-refractivity contribution >= 4 is 9.84 Å². The minimum atomic E-state index is -3.70. The van der Waals surface area contributed by atoms with Gasteiger partial charge >= 0.3 is 0 Å². The van der Waals surface area contributed by atoms with Crippen molar-refractivity contribution in [2.75, 3.05) is 6.26 Å². The van der Waals surface area contributed by atoms with Crippen molar-refractivity contribution in [3.05, 3.63) is 29.3 Å². The van der Waals surface area contributed by atoms with Crippen molar-refractivity contribution in [2.24, 2.45) is 5.73 Å². The number of hydrogen-bond donors (Lipinski definition) is 1. The molecule has 2 N–H and O–H groups in total. The van der Waals surface area contributed by atoms with Crippen molar-refractivity contribution in [1.82, 2.24) is 0 Å². The maximum atomic E-state index is 13.9. The third-order valence-electron chi connectivity index (χ3n) is 2.74. The molecule has 1 fully saturated rings. The van der Waals surface area contributed by atoms with E-state index in [1.54, 1.807) is 0 Å². The summed E-state index contributed by atoms with van der Waals surface area (Å²) in [6.45, 7) is 0. The Labute approximate surface area is 92.2 Å². The highest BCUT2D eigenvalue weighted by molar-refractivity contribution is 7.90. The van der Waals surface area contributed by atoms with Gasteiger partial charge in [0.1, 0.15) is 16.5 Å². The zero-order valence-electron chi connectivity index (χ0n) is 8.63. The average Bonchev–Trinajstić information content (AvgIpc) is 2.81. The van der Waals surface area contributed by atoms with Gasteiger partial charge in [-0.05, 0) is 25.0 Å². The first-order valence-electron chi connectivity index (χ1n) is 4.73. The Morgan fingerprint density at radius 3 is 2.31 bits per heavy atom. The van der Waals surface area contributed by atoms with Crippen LogP contribution in [-0.4, -0.2) is 14.7 Å². The molecule has 0 atom stereocenters. The Bertz CT molecular complexity index is 550. The fourth-order valence-electron chi connectivity index (χ4n) is 1.66. The summed E-state index contributed by atoms with van der Waals surface area (Å²) in [7, 11) is -3.70. The molecule has 1 aliphatic rings. The molecule has 0 bridgehead atoms. The lowest BCUT2D eigenvalue weighted by molar-refractivity contribution is 0.500. The quantitative estimate of drug-likeness (QED) is 0.802. The zero-order valence-corrected chi connectivity index (χ0v) is 9.44. The van der Waals surface area contributed by atoms with Gasteiger partial charge in [0.25, 0.3) is 0 Å². The molecule has 0 heterocycles. The van der Waals surface area contributed by atoms with Crippen LogP contribution in [0.3, 0.4) is 0 Å². The lowest BCUT2D eigenvalue weighted by atomic mass is 10.0. The summed E-state index contributed by atoms with van der Waals surface area (Å²) in [6.07, 6.45) is 1.81. The first kappa shape index (κ1) is 11.5. The lowest BCUT2D eigenvalue weighted by Crippen LogP contribution is -2.23. The van der Waals surface area contributed by atoms with Gasteiger partial charge in [0.05, 0.1) is 0 Å². The first-order valence-corrected chi connectivity index (χ1v) is 6.62. The summed E-state index contributed by atoms with van der Waals surface area (Å²) in [4.78, 5) is -0.499. The highest BCUT2D eigenvalue weighted by atomic mass is 32.2. The third-order valence-corrected chi connectivity index (χ3v) is 3.86. The molecule has 1 saturated carbocycles. The number of halogens is 2. The van der Waals surface area contributed by atoms with Gasteiger partial charge in [-0.2, -0.15) is 0 Å². The Balaban J connectivity index is 2.70. The molecule has 1 aromatic carbocycles. The lowest BCUT2D eigenvalue weighted by Gasteiger charge is -2.13. The van der Waals surface area contributed by atoms with Crippen molar-refractivity contribution in [1.29, 1.82) is 0 Å². The fraction of sp³-hybridized carbons (Fsp3) is 0.400. The number of nitrogens with two attached hydrogens (primary N) is 1. The maximum absolute atomic E-state index is 13.9. The van der Waals surface area contributed by atoms with Crippen LogP contribution in [0.2, 0.25) is 0 Å². The SMILES string of the molecule is CS(=O)(=O)c1ccc(F)c(C2(N)CC2)c1F. The van der Waals surface area contributed by atoms with Crippen LogP contribution in [0.4, 0.5) is 8.78 Å². The first-order chi connectivity index (χ1) is 7.26. The summed E-state index contributed by atoms with van der Waals surface area (Å²) < 4.78 is 49.8. The maximum Gasteiger partial charge on any atom is 0.178 e. The normalized spacial score (nSPS) is 18.5. The Morgan fingerprint density at radius 1 is 1.31 bits per heavy atom. The van der Waals surface area contributed by atoms with Crippen molar-refractivity contribution in [3.63, 3.8) is 0 Å². The molecule has 0 unspecified atom stereocenters. The summed E-state index contributed by atoms with van der Waals surface area (Å²) in [5, 5.41) is 0. The smallest absolute Gasteiger partial charge is 0.178 e. The van der Waals surface area contributed by atoms with Gasteiger partial charge in [-0.3, -0.25) is 0 Å². The highest BCUT2D eigenvalue weighted by Gasteiger charge is 2.45. The van der Waals surface area contributed by atoms with Gasteiger partial charge in [0.2, 0.25) is 0 Å². The van der Waals surface area contributed by atoms with E-state index in [0.29, 0.717) is 12.8 Å². The topological polar surface area (TPSA) is 60.2 Å². The number of rotatable bonds is 2. The number of sulfone groups is 1. The van der Waals surface area contributed by atoms with E-state index in [2.05, 4.69) is 0 Å². The Kier molecular flexibility index (Phi) is 2.32. The minimum Gasteiger partial charge on any atom is -0.321 e. The van der Waals surface area contributed by atoms with Gasteiger partial charge in [-0.1, -0.05) is 0 Å². The van der Waals surface area contributed by atoms with Gasteiger partial charge in [-0.25, -0.2) is 17.2 Å². The largest absolute Gasteiger partial charge is 0.321 e. The highest BCUT2D eigenvalue weighted by Crippen LogP contribution is 2.45. The van der Waals surface area contributed by atoms with Gasteiger partial charge < -0.3 is 5.73 Å². The van der Waals surface area contributed by atoms with Crippen LogP contribution in [0.15, 0.2) is 17.0 Å². The third kappa shape index (κ3) is 1.72. The standard InChI is InChI=1S/C10H11F2NO2S/c1-16(14,15)7-3-2-6(11)8(9(7)12)10(13)4-5-10/h2-3H,4-5,13H2,1H3. The van der Waals surface area contributed by atoms with Crippen LogP contribution < -0.4 is 5.73 Å². The molecule has 0 aromatic heterocycles. The van der Waals surface area contributed by atoms with E-state index in [4.69, 9.17) is 5.73 Å². The van der Waals surface area contributed by atoms with E-state index in [0.717, 1.165) is 18.4 Å². The van der Waals surface area contributed by atoms with Crippen LogP contribution in [0.5, 0.6) is 0 Å². The number of hydrogen-bond acceptors (Lipinski definition) is 3. The molecule has 1 aromatic rings. The van der Waals surface area contributed by atoms with Crippen LogP contribution >= 0.6 is 0 Å². The van der Waals surface area contributed by atoms with Crippen molar-refractivity contribution < 1.29 is 17.2 Å². The van der Waals surface area contributed by atoms with E-state index in [-0.39, 0.29) is 5.56 Å². The fourth-order valence-corrected chi connectivity index (χ4v) is 2.40. The summed E-state index contributed by atoms with van der Waals surface area (Å²) in [5.41, 5.74) is 4.36. The second-order valence-electron chi connectivity index (χ2n) is 4.16. The molecule has 3 nitrogen and oxygen atoms in total. The second-order valence-corrected chi connectivity index (χ2v) is 6.15. The monoisotopic (exact) mass is 247 g/mol. The van der Waals surface area contributed by atoms with E-state index in [1.165, 1.54) is 0 Å². The molecule has 0 aliphatic heterocycles. The van der Waals surface area contributed by atoms with E-state index < -0.39 is 31.9 Å². The predicted molar refractivity (Wildman–Crippen MR) is 54.6 cm³/mol. The molecule has 88 valence electrons. The van der Waals surface area contributed by atoms with Gasteiger partial charge in [0, 0.05) is 17.4 Å². The Morgan fingerprint density at radius 2 is 1.88 bits per heavy atom. The molecular weight excluding hydrogens is 236 g/mol. The Hall–Kier alpha value is -1.01. The molecule has 0 radical (unpaired) electrons. The minimum absolute atomic E-state index is 0.310. The summed E-state index contributed by atoms with van der Waals surface area (Å²) in [5.74, 6) is -1.84. The van der Waals surface area contributed by atoms with Crippen LogP contribution in [0.25, 0.3) is 0 Å². The van der Waals surface area contributed by atoms with Crippen molar-refractivity contribution in [2.45, 2.75) is 23.3 Å². The second kappa shape index (κ2) is 3.24. The average molecular weight is 247 g/mol. The van der Waals surface area contributed by atoms with E-state index >= 15 is 0 Å². The molecule has 2 rings (SSSR count). The molecule has 0 amide bonds. The predicted octanol–water partition coefficient (Wildman–Crippen LogP) is 1.32. The van der Waals surface area contributed by atoms with Crippen LogP contribution in [0, 0.1) is 11.6 Å². The molecule has 0 spiro atoms. The van der Waals surface area contributed by atoms with Crippen LogP contribution in [-0.2, 0) is 15.4 Å². The molecule has 16 heavy (non-hydrogen) atoms. The summed E-state index contributed by atoms with van der Waals surface area (Å²) in [6, 6.07) is 1.87. The van der Waals surface area contributed by atoms with Gasteiger partial charge in [-0.15, -0.1) is 0 Å². The molecular formula is C10H11F2NO2S. The van der Waals surface area contributed by atoms with E-state index in [9.17, 15) is 17.2 Å². The summed E-state index contributed by atoms with van der Waals surface area (Å²) >= 11 is 0. The van der Waals surface area contributed by atoms with E-state index in [1.807, 2.05) is 0 Å². The van der Waals surface area contributed by atoms with Crippen LogP contribution in [0.1, 0.15) is 18.4 Å². The molecule has 6 heteroatoms. The zero-order chi connectivity index (χ0) is 12.1. The van der Waals surface area contributed by atoms with Gasteiger partial charge in [0.15, 0.2) is 9.84 Å².